The van der Waals surface area contributed by atoms with Gasteiger partial charge in [-0.25, -0.2) is 0 Å². The second kappa shape index (κ2) is 7.04. The first-order valence-electron chi connectivity index (χ1n) is 7.90. The molecule has 0 saturated heterocycles. The van der Waals surface area contributed by atoms with Crippen LogP contribution in [0.15, 0.2) is 18.5 Å². The van der Waals surface area contributed by atoms with Crippen LogP contribution in [0.25, 0.3) is 0 Å². The SMILES string of the molecule is CCc1cnccc1C(NC)C1CCC(CC)CC1. The van der Waals surface area contributed by atoms with Gasteiger partial charge in [-0.1, -0.05) is 33.1 Å². The number of hydrogen-bond donors (Lipinski definition) is 1. The Balaban J connectivity index is 2.12. The van der Waals surface area contributed by atoms with E-state index in [1.807, 2.05) is 12.4 Å². The third-order valence-electron chi connectivity index (χ3n) is 4.91. The summed E-state index contributed by atoms with van der Waals surface area (Å²) in [6.45, 7) is 4.56. The number of aryl methyl sites for hydroxylation is 1. The van der Waals surface area contributed by atoms with Crippen molar-refractivity contribution in [1.29, 1.82) is 0 Å². The molecule has 1 unspecified atom stereocenters. The van der Waals surface area contributed by atoms with Crippen LogP contribution in [0.3, 0.4) is 0 Å². The van der Waals surface area contributed by atoms with Crippen LogP contribution in [0.1, 0.15) is 63.1 Å². The third-order valence-corrected chi connectivity index (χ3v) is 4.91. The van der Waals surface area contributed by atoms with E-state index in [0.29, 0.717) is 6.04 Å². The Morgan fingerprint density at radius 1 is 1.26 bits per heavy atom. The minimum Gasteiger partial charge on any atom is -0.313 e. The van der Waals surface area contributed by atoms with Crippen LogP contribution in [0.4, 0.5) is 0 Å². The normalized spacial score (nSPS) is 25.2. The van der Waals surface area contributed by atoms with Crippen molar-refractivity contribution in [3.8, 4) is 0 Å². The number of nitrogens with zero attached hydrogens (tertiary/aromatic N) is 1. The van der Waals surface area contributed by atoms with Crippen LogP contribution < -0.4 is 5.32 Å². The molecule has 1 aliphatic rings. The van der Waals surface area contributed by atoms with Gasteiger partial charge in [0.1, 0.15) is 0 Å². The van der Waals surface area contributed by atoms with Gasteiger partial charge >= 0.3 is 0 Å². The molecule has 1 fully saturated rings. The predicted octanol–water partition coefficient (Wildman–Crippen LogP) is 4.12. The van der Waals surface area contributed by atoms with Crippen LogP contribution in [0.5, 0.6) is 0 Å². The van der Waals surface area contributed by atoms with Crippen molar-refractivity contribution in [2.24, 2.45) is 11.8 Å². The first-order valence-corrected chi connectivity index (χ1v) is 7.90. The average molecular weight is 260 g/mol. The number of pyridine rings is 1. The number of aromatic nitrogens is 1. The Hall–Kier alpha value is -0.890. The molecule has 1 aromatic heterocycles. The molecule has 106 valence electrons. The largest absolute Gasteiger partial charge is 0.313 e. The first-order chi connectivity index (χ1) is 9.30. The Morgan fingerprint density at radius 3 is 2.58 bits per heavy atom. The summed E-state index contributed by atoms with van der Waals surface area (Å²) in [5.41, 5.74) is 2.87. The second-order valence-electron chi connectivity index (χ2n) is 5.88. The fraction of sp³-hybridized carbons (Fsp3) is 0.706. The topological polar surface area (TPSA) is 24.9 Å². The molecule has 1 saturated carbocycles. The predicted molar refractivity (Wildman–Crippen MR) is 81.2 cm³/mol. The summed E-state index contributed by atoms with van der Waals surface area (Å²) < 4.78 is 0. The number of rotatable bonds is 5. The highest BCUT2D eigenvalue weighted by Crippen LogP contribution is 2.38. The molecule has 0 amide bonds. The lowest BCUT2D eigenvalue weighted by molar-refractivity contribution is 0.223. The molecule has 2 heteroatoms. The van der Waals surface area contributed by atoms with Gasteiger partial charge in [0.15, 0.2) is 0 Å². The second-order valence-corrected chi connectivity index (χ2v) is 5.88. The van der Waals surface area contributed by atoms with Gasteiger partial charge in [0.05, 0.1) is 0 Å². The Kier molecular flexibility index (Phi) is 5.38. The molecule has 0 radical (unpaired) electrons. The quantitative estimate of drug-likeness (QED) is 0.861. The van der Waals surface area contributed by atoms with Gasteiger partial charge in [0.2, 0.25) is 0 Å². The molecule has 1 atom stereocenters. The Bertz CT molecular complexity index is 381. The lowest BCUT2D eigenvalue weighted by Crippen LogP contribution is -2.29. The first kappa shape index (κ1) is 14.5. The van der Waals surface area contributed by atoms with E-state index in [0.717, 1.165) is 18.3 Å². The van der Waals surface area contributed by atoms with E-state index in [4.69, 9.17) is 0 Å². The maximum Gasteiger partial charge on any atom is 0.0350 e. The maximum absolute atomic E-state index is 4.28. The molecule has 2 rings (SSSR count). The van der Waals surface area contributed by atoms with Crippen molar-refractivity contribution in [3.05, 3.63) is 29.6 Å². The van der Waals surface area contributed by atoms with E-state index >= 15 is 0 Å². The van der Waals surface area contributed by atoms with Crippen molar-refractivity contribution in [2.75, 3.05) is 7.05 Å². The lowest BCUT2D eigenvalue weighted by Gasteiger charge is -2.34. The van der Waals surface area contributed by atoms with Crippen molar-refractivity contribution in [1.82, 2.24) is 10.3 Å². The van der Waals surface area contributed by atoms with Crippen molar-refractivity contribution < 1.29 is 0 Å². The minimum atomic E-state index is 0.510. The molecule has 0 aliphatic heterocycles. The third kappa shape index (κ3) is 3.36. The molecular formula is C17H28N2. The number of nitrogens with one attached hydrogen (secondary N) is 1. The van der Waals surface area contributed by atoms with Gasteiger partial charge in [-0.2, -0.15) is 0 Å². The van der Waals surface area contributed by atoms with Gasteiger partial charge in [-0.15, -0.1) is 0 Å². The zero-order valence-electron chi connectivity index (χ0n) is 12.7. The average Bonchev–Trinajstić information content (AvgIpc) is 2.49. The van der Waals surface area contributed by atoms with Gasteiger partial charge in [0, 0.05) is 18.4 Å². The van der Waals surface area contributed by atoms with Gasteiger partial charge in [0.25, 0.3) is 0 Å². The van der Waals surface area contributed by atoms with Gasteiger partial charge in [-0.3, -0.25) is 4.98 Å². The van der Waals surface area contributed by atoms with Crippen LogP contribution in [-0.2, 0) is 6.42 Å². The Morgan fingerprint density at radius 2 is 2.00 bits per heavy atom. The molecule has 0 spiro atoms. The molecule has 0 bridgehead atoms. The van der Waals surface area contributed by atoms with Crippen LogP contribution in [0.2, 0.25) is 0 Å². The van der Waals surface area contributed by atoms with E-state index in [2.05, 4.69) is 37.3 Å². The highest BCUT2D eigenvalue weighted by molar-refractivity contribution is 5.27. The van der Waals surface area contributed by atoms with Gasteiger partial charge in [-0.05, 0) is 55.3 Å². The molecule has 1 N–H and O–H groups in total. The van der Waals surface area contributed by atoms with Crippen molar-refractivity contribution in [3.63, 3.8) is 0 Å². The molecular weight excluding hydrogens is 232 g/mol. The number of hydrogen-bond acceptors (Lipinski definition) is 2. The molecule has 1 aromatic rings. The van der Waals surface area contributed by atoms with E-state index in [-0.39, 0.29) is 0 Å². The monoisotopic (exact) mass is 260 g/mol. The summed E-state index contributed by atoms with van der Waals surface area (Å²) in [6, 6.07) is 2.72. The molecule has 19 heavy (non-hydrogen) atoms. The van der Waals surface area contributed by atoms with Crippen LogP contribution in [-0.4, -0.2) is 12.0 Å². The molecule has 2 nitrogen and oxygen atoms in total. The van der Waals surface area contributed by atoms with E-state index in [9.17, 15) is 0 Å². The molecule has 1 heterocycles. The van der Waals surface area contributed by atoms with Crippen LogP contribution >= 0.6 is 0 Å². The zero-order valence-corrected chi connectivity index (χ0v) is 12.7. The van der Waals surface area contributed by atoms with Gasteiger partial charge < -0.3 is 5.32 Å². The summed E-state index contributed by atoms with van der Waals surface area (Å²) in [5.74, 6) is 1.76. The van der Waals surface area contributed by atoms with Crippen molar-refractivity contribution in [2.45, 2.75) is 58.4 Å². The van der Waals surface area contributed by atoms with Crippen LogP contribution in [0, 0.1) is 11.8 Å². The van der Waals surface area contributed by atoms with E-state index < -0.39 is 0 Å². The lowest BCUT2D eigenvalue weighted by atomic mass is 9.75. The van der Waals surface area contributed by atoms with E-state index in [1.165, 1.54) is 43.2 Å². The summed E-state index contributed by atoms with van der Waals surface area (Å²) in [4.78, 5) is 4.28. The smallest absolute Gasteiger partial charge is 0.0350 e. The fourth-order valence-corrected chi connectivity index (χ4v) is 3.61. The summed E-state index contributed by atoms with van der Waals surface area (Å²) >= 11 is 0. The summed E-state index contributed by atoms with van der Waals surface area (Å²) in [6.07, 6.45) is 12.0. The molecule has 1 aliphatic carbocycles. The Labute approximate surface area is 118 Å². The fourth-order valence-electron chi connectivity index (χ4n) is 3.61. The maximum atomic E-state index is 4.28. The summed E-state index contributed by atoms with van der Waals surface area (Å²) in [5, 5.41) is 3.57. The molecule has 0 aromatic carbocycles. The van der Waals surface area contributed by atoms with E-state index in [1.54, 1.807) is 0 Å². The summed E-state index contributed by atoms with van der Waals surface area (Å²) in [7, 11) is 2.11. The highest BCUT2D eigenvalue weighted by atomic mass is 14.9. The highest BCUT2D eigenvalue weighted by Gasteiger charge is 2.28. The van der Waals surface area contributed by atoms with Crippen molar-refractivity contribution >= 4 is 0 Å². The standard InChI is InChI=1S/C17H28N2/c1-4-13-6-8-15(9-7-13)17(18-3)16-10-11-19-12-14(16)5-2/h10-13,15,17-18H,4-9H2,1-3H3. The minimum absolute atomic E-state index is 0.510. The zero-order chi connectivity index (χ0) is 13.7.